The molecule has 3 rings (SSSR count). The maximum atomic E-state index is 13.2. The van der Waals surface area contributed by atoms with Gasteiger partial charge in [0.05, 0.1) is 4.90 Å². The molecule has 2 aromatic rings. The zero-order valence-corrected chi connectivity index (χ0v) is 17.5. The van der Waals surface area contributed by atoms with E-state index in [0.29, 0.717) is 6.54 Å². The van der Waals surface area contributed by atoms with E-state index in [1.54, 1.807) is 10.4 Å². The Morgan fingerprint density at radius 1 is 1.11 bits per heavy atom. The molecule has 0 unspecified atom stereocenters. The highest BCUT2D eigenvalue weighted by molar-refractivity contribution is 7.89. The van der Waals surface area contributed by atoms with E-state index in [2.05, 4.69) is 17.0 Å². The Morgan fingerprint density at radius 3 is 2.39 bits per heavy atom. The molecule has 2 aromatic carbocycles. The molecule has 0 saturated carbocycles. The molecule has 5 nitrogen and oxygen atoms in total. The van der Waals surface area contributed by atoms with Crippen LogP contribution in [0.15, 0.2) is 59.5 Å². The lowest BCUT2D eigenvalue weighted by Gasteiger charge is -2.37. The standard InChI is InChI=1S/C21H25ClN2O3S/c1-2-24(28(26,27)20-10-6-9-18(15-20)21(22)25)19-11-13-23(14-12-19)16-17-7-4-3-5-8-17/h3-10,15,19H,2,11-14,16H2,1H3. The smallest absolute Gasteiger partial charge is 0.252 e. The highest BCUT2D eigenvalue weighted by Gasteiger charge is 2.33. The lowest BCUT2D eigenvalue weighted by atomic mass is 10.0. The topological polar surface area (TPSA) is 57.7 Å². The number of halogens is 1. The summed E-state index contributed by atoms with van der Waals surface area (Å²) in [4.78, 5) is 13.9. The number of carbonyl (C=O) groups is 1. The van der Waals surface area contributed by atoms with E-state index in [9.17, 15) is 13.2 Å². The van der Waals surface area contributed by atoms with Crippen molar-refractivity contribution in [3.05, 3.63) is 65.7 Å². The van der Waals surface area contributed by atoms with E-state index in [1.807, 2.05) is 25.1 Å². The normalized spacial score (nSPS) is 16.4. The molecule has 0 atom stereocenters. The van der Waals surface area contributed by atoms with Crippen molar-refractivity contribution in [2.45, 2.75) is 37.2 Å². The fraction of sp³-hybridized carbons (Fsp3) is 0.381. The van der Waals surface area contributed by atoms with Crippen LogP contribution in [0, 0.1) is 0 Å². The third-order valence-electron chi connectivity index (χ3n) is 5.19. The van der Waals surface area contributed by atoms with Crippen LogP contribution >= 0.6 is 11.6 Å². The second kappa shape index (κ2) is 9.18. The number of hydrogen-bond acceptors (Lipinski definition) is 4. The van der Waals surface area contributed by atoms with Crippen LogP contribution in [0.5, 0.6) is 0 Å². The number of nitrogens with zero attached hydrogens (tertiary/aromatic N) is 2. The van der Waals surface area contributed by atoms with Gasteiger partial charge < -0.3 is 0 Å². The lowest BCUT2D eigenvalue weighted by Crippen LogP contribution is -2.47. The van der Waals surface area contributed by atoms with Crippen molar-refractivity contribution in [2.75, 3.05) is 19.6 Å². The summed E-state index contributed by atoms with van der Waals surface area (Å²) < 4.78 is 27.9. The molecule has 0 amide bonds. The SMILES string of the molecule is CCN(C1CCN(Cc2ccccc2)CC1)S(=O)(=O)c1cccc(C(=O)Cl)c1. The van der Waals surface area contributed by atoms with Crippen LogP contribution in [-0.2, 0) is 16.6 Å². The molecule has 0 spiro atoms. The van der Waals surface area contributed by atoms with E-state index in [4.69, 9.17) is 11.6 Å². The number of benzene rings is 2. The molecule has 150 valence electrons. The number of rotatable bonds is 7. The number of carbonyl (C=O) groups excluding carboxylic acids is 1. The van der Waals surface area contributed by atoms with Crippen molar-refractivity contribution >= 4 is 26.9 Å². The minimum absolute atomic E-state index is 0.0441. The van der Waals surface area contributed by atoms with Gasteiger partial charge in [-0.15, -0.1) is 0 Å². The van der Waals surface area contributed by atoms with Crippen LogP contribution in [-0.4, -0.2) is 48.5 Å². The molecular weight excluding hydrogens is 396 g/mol. The van der Waals surface area contributed by atoms with E-state index >= 15 is 0 Å². The van der Waals surface area contributed by atoms with Gasteiger partial charge in [0.2, 0.25) is 10.0 Å². The van der Waals surface area contributed by atoms with Gasteiger partial charge in [0, 0.05) is 37.8 Å². The second-order valence-corrected chi connectivity index (χ2v) is 9.24. The highest BCUT2D eigenvalue weighted by atomic mass is 35.5. The minimum Gasteiger partial charge on any atom is -0.299 e. The Morgan fingerprint density at radius 2 is 1.79 bits per heavy atom. The highest BCUT2D eigenvalue weighted by Crippen LogP contribution is 2.25. The molecule has 7 heteroatoms. The Kier molecular flexibility index (Phi) is 6.88. The van der Waals surface area contributed by atoms with Crippen molar-refractivity contribution in [1.82, 2.24) is 9.21 Å². The first kappa shape index (κ1) is 21.0. The van der Waals surface area contributed by atoms with E-state index in [1.165, 1.54) is 23.8 Å². The number of sulfonamides is 1. The van der Waals surface area contributed by atoms with Crippen LogP contribution in [0.1, 0.15) is 35.7 Å². The number of hydrogen-bond donors (Lipinski definition) is 0. The summed E-state index contributed by atoms with van der Waals surface area (Å²) in [6.07, 6.45) is 1.57. The largest absolute Gasteiger partial charge is 0.299 e. The summed E-state index contributed by atoms with van der Waals surface area (Å²) in [5.41, 5.74) is 1.46. The fourth-order valence-corrected chi connectivity index (χ4v) is 5.60. The van der Waals surface area contributed by atoms with Crippen LogP contribution in [0.2, 0.25) is 0 Å². The first-order chi connectivity index (χ1) is 13.4. The summed E-state index contributed by atoms with van der Waals surface area (Å²) in [6.45, 7) is 4.83. The average molecular weight is 421 g/mol. The van der Waals surface area contributed by atoms with Crippen molar-refractivity contribution < 1.29 is 13.2 Å². The molecule has 1 aliphatic heterocycles. The molecule has 1 fully saturated rings. The number of likely N-dealkylation sites (tertiary alicyclic amines) is 1. The van der Waals surface area contributed by atoms with Gasteiger partial charge in [-0.3, -0.25) is 9.69 Å². The summed E-state index contributed by atoms with van der Waals surface area (Å²) in [5.74, 6) is 0. The van der Waals surface area contributed by atoms with Gasteiger partial charge in [-0.05, 0) is 42.1 Å². The summed E-state index contributed by atoms with van der Waals surface area (Å²) in [7, 11) is -3.68. The Labute approximate surface area is 172 Å². The van der Waals surface area contributed by atoms with Crippen molar-refractivity contribution in [3.8, 4) is 0 Å². The molecule has 0 aliphatic carbocycles. The van der Waals surface area contributed by atoms with Crippen molar-refractivity contribution in [2.24, 2.45) is 0 Å². The van der Waals surface area contributed by atoms with Crippen LogP contribution in [0.4, 0.5) is 0 Å². The van der Waals surface area contributed by atoms with Gasteiger partial charge in [0.1, 0.15) is 0 Å². The molecule has 1 saturated heterocycles. The van der Waals surface area contributed by atoms with Gasteiger partial charge in [0.25, 0.3) is 5.24 Å². The number of piperidine rings is 1. The van der Waals surface area contributed by atoms with Crippen LogP contribution < -0.4 is 0 Å². The maximum absolute atomic E-state index is 13.2. The van der Waals surface area contributed by atoms with Crippen molar-refractivity contribution in [1.29, 1.82) is 0 Å². The first-order valence-corrected chi connectivity index (χ1v) is 11.3. The van der Waals surface area contributed by atoms with Gasteiger partial charge >= 0.3 is 0 Å². The van der Waals surface area contributed by atoms with Crippen molar-refractivity contribution in [3.63, 3.8) is 0 Å². The van der Waals surface area contributed by atoms with Gasteiger partial charge in [-0.1, -0.05) is 49.4 Å². The van der Waals surface area contributed by atoms with Crippen LogP contribution in [0.3, 0.4) is 0 Å². The quantitative estimate of drug-likeness (QED) is 0.640. The molecule has 1 aliphatic rings. The first-order valence-electron chi connectivity index (χ1n) is 9.50. The summed E-state index contributed by atoms with van der Waals surface area (Å²) in [5, 5.41) is -0.658. The predicted octanol–water partition coefficient (Wildman–Crippen LogP) is 3.74. The average Bonchev–Trinajstić information content (AvgIpc) is 2.70. The van der Waals surface area contributed by atoms with E-state index in [-0.39, 0.29) is 16.5 Å². The third kappa shape index (κ3) is 4.81. The van der Waals surface area contributed by atoms with E-state index in [0.717, 1.165) is 32.5 Å². The van der Waals surface area contributed by atoms with Gasteiger partial charge in [-0.2, -0.15) is 4.31 Å². The predicted molar refractivity (Wildman–Crippen MR) is 111 cm³/mol. The van der Waals surface area contributed by atoms with Gasteiger partial charge in [0.15, 0.2) is 0 Å². The minimum atomic E-state index is -3.68. The summed E-state index contributed by atoms with van der Waals surface area (Å²) >= 11 is 5.52. The molecule has 0 N–H and O–H groups in total. The molecular formula is C21H25ClN2O3S. The lowest BCUT2D eigenvalue weighted by molar-refractivity contribution is 0.108. The second-order valence-electron chi connectivity index (χ2n) is 7.00. The van der Waals surface area contributed by atoms with Crippen LogP contribution in [0.25, 0.3) is 0 Å². The Balaban J connectivity index is 1.70. The zero-order chi connectivity index (χ0) is 20.1. The molecule has 1 heterocycles. The van der Waals surface area contributed by atoms with Gasteiger partial charge in [-0.25, -0.2) is 8.42 Å². The molecule has 0 bridgehead atoms. The summed E-state index contributed by atoms with van der Waals surface area (Å²) in [6, 6.07) is 16.2. The molecule has 0 aromatic heterocycles. The van der Waals surface area contributed by atoms with E-state index < -0.39 is 15.3 Å². The third-order valence-corrected chi connectivity index (χ3v) is 7.43. The Bertz CT molecular complexity index is 910. The zero-order valence-electron chi connectivity index (χ0n) is 15.9. The molecule has 0 radical (unpaired) electrons. The Hall–Kier alpha value is -1.73. The fourth-order valence-electron chi connectivity index (χ4n) is 3.75. The molecule has 28 heavy (non-hydrogen) atoms. The monoisotopic (exact) mass is 420 g/mol. The maximum Gasteiger partial charge on any atom is 0.252 e.